The molecule has 0 radical (unpaired) electrons. The van der Waals surface area contributed by atoms with E-state index in [1.807, 2.05) is 0 Å². The minimum Gasteiger partial charge on any atom is -0.315 e. The molecule has 1 saturated heterocycles. The molecule has 2 rings (SSSR count). The summed E-state index contributed by atoms with van der Waals surface area (Å²) in [6.45, 7) is 1.56. The first-order chi connectivity index (χ1) is 8.90. The highest BCUT2D eigenvalue weighted by Gasteiger charge is 2.28. The van der Waals surface area contributed by atoms with E-state index in [0.29, 0.717) is 22.2 Å². The Bertz CT molecular complexity index is 557. The van der Waals surface area contributed by atoms with Crippen LogP contribution in [0.2, 0.25) is 10.0 Å². The number of likely N-dealkylation sites (N-methyl/N-ethyl adjacent to an activating group) is 1. The zero-order valence-corrected chi connectivity index (χ0v) is 12.9. The fourth-order valence-corrected chi connectivity index (χ4v) is 3.88. The van der Waals surface area contributed by atoms with Gasteiger partial charge in [-0.15, -0.1) is 0 Å². The smallest absolute Gasteiger partial charge is 0.218 e. The van der Waals surface area contributed by atoms with Crippen molar-refractivity contribution in [2.24, 2.45) is 0 Å². The number of hydrogen-bond acceptors (Lipinski definition) is 3. The van der Waals surface area contributed by atoms with Gasteiger partial charge in [0.2, 0.25) is 10.0 Å². The molecule has 0 amide bonds. The third-order valence-corrected chi connectivity index (χ3v) is 5.93. The lowest BCUT2D eigenvalue weighted by Crippen LogP contribution is -2.38. The van der Waals surface area contributed by atoms with Crippen LogP contribution in [0.4, 0.5) is 0 Å². The van der Waals surface area contributed by atoms with E-state index in [2.05, 4.69) is 5.32 Å². The Hall–Kier alpha value is -0.330. The molecule has 1 aliphatic rings. The minimum atomic E-state index is -3.33. The summed E-state index contributed by atoms with van der Waals surface area (Å²) in [4.78, 5) is 0. The van der Waals surface area contributed by atoms with Crippen LogP contribution < -0.4 is 5.32 Å². The molecule has 1 aliphatic heterocycles. The summed E-state index contributed by atoms with van der Waals surface area (Å²) in [5, 5.41) is 3.96. The monoisotopic (exact) mass is 322 g/mol. The largest absolute Gasteiger partial charge is 0.315 e. The van der Waals surface area contributed by atoms with Crippen LogP contribution in [-0.2, 0) is 15.8 Å². The molecule has 1 N–H and O–H groups in total. The van der Waals surface area contributed by atoms with Gasteiger partial charge in [-0.25, -0.2) is 12.7 Å². The maximum atomic E-state index is 12.3. The third kappa shape index (κ3) is 3.61. The topological polar surface area (TPSA) is 49.4 Å². The van der Waals surface area contributed by atoms with Crippen molar-refractivity contribution in [3.63, 3.8) is 0 Å². The fraction of sp³-hybridized carbons (Fsp3) is 0.500. The zero-order valence-electron chi connectivity index (χ0n) is 10.6. The summed E-state index contributed by atoms with van der Waals surface area (Å²) < 4.78 is 26.1. The Morgan fingerprint density at radius 2 is 2.11 bits per heavy atom. The highest BCUT2D eigenvalue weighted by Crippen LogP contribution is 2.24. The Kier molecular flexibility index (Phi) is 4.74. The van der Waals surface area contributed by atoms with Gasteiger partial charge >= 0.3 is 0 Å². The van der Waals surface area contributed by atoms with Gasteiger partial charge in [0, 0.05) is 19.6 Å². The second kappa shape index (κ2) is 5.97. The molecule has 0 bridgehead atoms. The standard InChI is InChI=1S/C12H16Cl2N2O2S/c1-16(10-4-5-15-7-10)19(17,18)8-9-2-3-11(13)12(14)6-9/h2-3,6,10,15H,4-5,7-8H2,1H3. The fourth-order valence-electron chi connectivity index (χ4n) is 2.12. The molecule has 0 aliphatic carbocycles. The number of sulfonamides is 1. The first-order valence-electron chi connectivity index (χ1n) is 6.00. The summed E-state index contributed by atoms with van der Waals surface area (Å²) in [5.41, 5.74) is 0.646. The summed E-state index contributed by atoms with van der Waals surface area (Å²) in [7, 11) is -1.71. The summed E-state index contributed by atoms with van der Waals surface area (Å²) in [6.07, 6.45) is 0.844. The molecule has 1 unspecified atom stereocenters. The normalized spacial score (nSPS) is 20.1. The first kappa shape index (κ1) is 15.1. The lowest BCUT2D eigenvalue weighted by Gasteiger charge is -2.23. The van der Waals surface area contributed by atoms with Gasteiger partial charge in [0.1, 0.15) is 0 Å². The van der Waals surface area contributed by atoms with E-state index in [4.69, 9.17) is 23.2 Å². The van der Waals surface area contributed by atoms with Crippen molar-refractivity contribution in [1.82, 2.24) is 9.62 Å². The predicted octanol–water partition coefficient (Wildman–Crippen LogP) is 2.12. The number of nitrogens with one attached hydrogen (secondary N) is 1. The molecule has 1 aromatic rings. The molecule has 1 heterocycles. The predicted molar refractivity (Wildman–Crippen MR) is 78.1 cm³/mol. The van der Waals surface area contributed by atoms with E-state index in [9.17, 15) is 8.42 Å². The first-order valence-corrected chi connectivity index (χ1v) is 8.37. The zero-order chi connectivity index (χ0) is 14.0. The maximum Gasteiger partial charge on any atom is 0.218 e. The van der Waals surface area contributed by atoms with Gasteiger partial charge in [-0.2, -0.15) is 0 Å². The SMILES string of the molecule is CN(C1CCNC1)S(=O)(=O)Cc1ccc(Cl)c(Cl)c1. The van der Waals surface area contributed by atoms with Crippen molar-refractivity contribution in [3.8, 4) is 0 Å². The molecule has 1 aromatic carbocycles. The van der Waals surface area contributed by atoms with E-state index in [0.717, 1.165) is 13.0 Å². The third-order valence-electron chi connectivity index (χ3n) is 3.32. The van der Waals surface area contributed by atoms with E-state index >= 15 is 0 Å². The molecule has 19 heavy (non-hydrogen) atoms. The highest BCUT2D eigenvalue weighted by molar-refractivity contribution is 7.88. The van der Waals surface area contributed by atoms with Crippen LogP contribution in [0.1, 0.15) is 12.0 Å². The molecule has 106 valence electrons. The van der Waals surface area contributed by atoms with Gasteiger partial charge < -0.3 is 5.32 Å². The Morgan fingerprint density at radius 3 is 2.68 bits per heavy atom. The van der Waals surface area contributed by atoms with Crippen molar-refractivity contribution < 1.29 is 8.42 Å². The molecular formula is C12H16Cl2N2O2S. The van der Waals surface area contributed by atoms with Crippen LogP contribution in [0.5, 0.6) is 0 Å². The van der Waals surface area contributed by atoms with Gasteiger partial charge in [0.15, 0.2) is 0 Å². The van der Waals surface area contributed by atoms with Gasteiger partial charge in [-0.3, -0.25) is 0 Å². The number of hydrogen-bond donors (Lipinski definition) is 1. The molecule has 4 nitrogen and oxygen atoms in total. The van der Waals surface area contributed by atoms with Crippen molar-refractivity contribution >= 4 is 33.2 Å². The van der Waals surface area contributed by atoms with Crippen molar-refractivity contribution in [1.29, 1.82) is 0 Å². The highest BCUT2D eigenvalue weighted by atomic mass is 35.5. The van der Waals surface area contributed by atoms with Gasteiger partial charge in [0.05, 0.1) is 15.8 Å². The molecule has 1 atom stereocenters. The van der Waals surface area contributed by atoms with Crippen molar-refractivity contribution in [2.75, 3.05) is 20.1 Å². The summed E-state index contributed by atoms with van der Waals surface area (Å²) >= 11 is 11.7. The average Bonchev–Trinajstić information content (AvgIpc) is 2.86. The van der Waals surface area contributed by atoms with E-state index < -0.39 is 10.0 Å². The Balaban J connectivity index is 2.13. The van der Waals surface area contributed by atoms with Gasteiger partial charge in [-0.1, -0.05) is 29.3 Å². The molecule has 0 saturated carbocycles. The van der Waals surface area contributed by atoms with E-state index in [1.165, 1.54) is 4.31 Å². The van der Waals surface area contributed by atoms with E-state index in [-0.39, 0.29) is 11.8 Å². The molecule has 7 heteroatoms. The molecule has 1 fully saturated rings. The number of benzene rings is 1. The quantitative estimate of drug-likeness (QED) is 0.923. The van der Waals surface area contributed by atoms with Crippen LogP contribution in [0.3, 0.4) is 0 Å². The Morgan fingerprint density at radius 1 is 1.37 bits per heavy atom. The molecule has 0 aromatic heterocycles. The second-order valence-electron chi connectivity index (χ2n) is 4.67. The molecule has 0 spiro atoms. The maximum absolute atomic E-state index is 12.3. The Labute approximate surface area is 123 Å². The van der Waals surface area contributed by atoms with Crippen molar-refractivity contribution in [2.45, 2.75) is 18.2 Å². The van der Waals surface area contributed by atoms with Gasteiger partial charge in [0.25, 0.3) is 0 Å². The van der Waals surface area contributed by atoms with Crippen LogP contribution >= 0.6 is 23.2 Å². The van der Waals surface area contributed by atoms with Crippen LogP contribution in [0.25, 0.3) is 0 Å². The second-order valence-corrected chi connectivity index (χ2v) is 7.51. The number of nitrogens with zero attached hydrogens (tertiary/aromatic N) is 1. The summed E-state index contributed by atoms with van der Waals surface area (Å²) in [6, 6.07) is 4.94. The van der Waals surface area contributed by atoms with E-state index in [1.54, 1.807) is 25.2 Å². The lowest BCUT2D eigenvalue weighted by molar-refractivity contribution is 0.387. The minimum absolute atomic E-state index is 0.0350. The van der Waals surface area contributed by atoms with Crippen molar-refractivity contribution in [3.05, 3.63) is 33.8 Å². The number of halogens is 2. The van der Waals surface area contributed by atoms with Crippen LogP contribution in [-0.4, -0.2) is 38.9 Å². The lowest BCUT2D eigenvalue weighted by atomic mass is 10.2. The van der Waals surface area contributed by atoms with Gasteiger partial charge in [-0.05, 0) is 30.7 Å². The van der Waals surface area contributed by atoms with Crippen LogP contribution in [0.15, 0.2) is 18.2 Å². The summed E-state index contributed by atoms with van der Waals surface area (Å²) in [5.74, 6) is -0.0586. The molecular weight excluding hydrogens is 307 g/mol. The average molecular weight is 323 g/mol. The number of rotatable bonds is 4. The van der Waals surface area contributed by atoms with Crippen LogP contribution in [0, 0.1) is 0 Å².